The summed E-state index contributed by atoms with van der Waals surface area (Å²) in [6.07, 6.45) is 3.70. The van der Waals surface area contributed by atoms with Crippen LogP contribution in [0.15, 0.2) is 91.1 Å². The van der Waals surface area contributed by atoms with Crippen LogP contribution in [-0.4, -0.2) is 64.2 Å². The molecule has 0 aliphatic carbocycles. The van der Waals surface area contributed by atoms with Crippen LogP contribution in [0.4, 0.5) is 0 Å². The van der Waals surface area contributed by atoms with Gasteiger partial charge in [0.1, 0.15) is 24.2 Å². The largest absolute Gasteiger partial charge is 0.361 e. The summed E-state index contributed by atoms with van der Waals surface area (Å²) in [4.78, 5) is 60.3. The Balaban J connectivity index is 1.36. The minimum absolute atomic E-state index is 0.201. The van der Waals surface area contributed by atoms with E-state index in [-0.39, 0.29) is 31.1 Å². The Hall–Kier alpha value is -4.92. The minimum Gasteiger partial charge on any atom is -0.361 e. The maximum Gasteiger partial charge on any atom is 0.246 e. The zero-order valence-corrected chi connectivity index (χ0v) is 23.8. The van der Waals surface area contributed by atoms with E-state index in [4.69, 9.17) is 0 Å². The molecule has 9 heteroatoms. The summed E-state index contributed by atoms with van der Waals surface area (Å²) in [5.74, 6) is -1.56. The number of nitrogens with one attached hydrogen (secondary N) is 4. The number of rotatable bonds is 6. The Kier molecular flexibility index (Phi) is 8.22. The van der Waals surface area contributed by atoms with E-state index < -0.39 is 36.0 Å². The van der Waals surface area contributed by atoms with Crippen molar-refractivity contribution in [3.63, 3.8) is 0 Å². The van der Waals surface area contributed by atoms with E-state index in [0.29, 0.717) is 19.4 Å². The van der Waals surface area contributed by atoms with Crippen molar-refractivity contribution in [1.29, 1.82) is 0 Å². The van der Waals surface area contributed by atoms with Crippen molar-refractivity contribution in [2.45, 2.75) is 56.3 Å². The van der Waals surface area contributed by atoms with E-state index in [2.05, 4.69) is 20.9 Å². The lowest BCUT2D eigenvalue weighted by molar-refractivity contribution is -0.143. The molecule has 4 aromatic rings. The molecule has 2 saturated heterocycles. The molecule has 4 N–H and O–H groups in total. The molecule has 0 saturated carbocycles. The molecule has 0 radical (unpaired) electrons. The summed E-state index contributed by atoms with van der Waals surface area (Å²) in [5.41, 5.74) is 3.53. The third kappa shape index (κ3) is 6.30. The Morgan fingerprint density at radius 1 is 0.628 bits per heavy atom. The van der Waals surface area contributed by atoms with Gasteiger partial charge in [-0.3, -0.25) is 19.2 Å². The summed E-state index contributed by atoms with van der Waals surface area (Å²) >= 11 is 0. The van der Waals surface area contributed by atoms with Crippen molar-refractivity contribution >= 4 is 34.5 Å². The molecule has 2 aliphatic rings. The summed E-state index contributed by atoms with van der Waals surface area (Å²) in [6.45, 7) is 0.409. The third-order valence-electron chi connectivity index (χ3n) is 8.38. The zero-order valence-electron chi connectivity index (χ0n) is 23.8. The van der Waals surface area contributed by atoms with Gasteiger partial charge < -0.3 is 25.8 Å². The fourth-order valence-corrected chi connectivity index (χ4v) is 6.15. The number of carbonyl (C=O) groups excluding carboxylic acids is 4. The molecule has 1 unspecified atom stereocenters. The molecule has 3 aromatic carbocycles. The number of aromatic nitrogens is 1. The average Bonchev–Trinajstić information content (AvgIpc) is 3.68. The maximum absolute atomic E-state index is 14.0. The molecule has 0 bridgehead atoms. The Labute approximate surface area is 250 Å². The minimum atomic E-state index is -0.984. The lowest BCUT2D eigenvalue weighted by atomic mass is 9.99. The van der Waals surface area contributed by atoms with E-state index in [0.717, 1.165) is 27.6 Å². The van der Waals surface area contributed by atoms with E-state index in [1.165, 1.54) is 0 Å². The van der Waals surface area contributed by atoms with E-state index in [9.17, 15) is 19.2 Å². The highest BCUT2D eigenvalue weighted by atomic mass is 16.2. The van der Waals surface area contributed by atoms with Crippen molar-refractivity contribution in [2.24, 2.45) is 0 Å². The van der Waals surface area contributed by atoms with Crippen LogP contribution in [-0.2, 0) is 38.4 Å². The topological polar surface area (TPSA) is 123 Å². The first-order chi connectivity index (χ1) is 21.0. The van der Waals surface area contributed by atoms with Crippen molar-refractivity contribution < 1.29 is 19.2 Å². The van der Waals surface area contributed by atoms with Gasteiger partial charge in [-0.05, 0) is 35.6 Å². The van der Waals surface area contributed by atoms with E-state index in [1.54, 1.807) is 4.90 Å². The van der Waals surface area contributed by atoms with Gasteiger partial charge in [-0.15, -0.1) is 0 Å². The second-order valence-corrected chi connectivity index (χ2v) is 11.3. The number of para-hydroxylation sites is 1. The highest BCUT2D eigenvalue weighted by molar-refractivity contribution is 5.98. The molecule has 43 heavy (non-hydrogen) atoms. The monoisotopic (exact) mass is 577 g/mol. The summed E-state index contributed by atoms with van der Waals surface area (Å²) in [7, 11) is 0. The molecule has 9 nitrogen and oxygen atoms in total. The number of benzene rings is 3. The second-order valence-electron chi connectivity index (χ2n) is 11.3. The second kappa shape index (κ2) is 12.5. The predicted molar refractivity (Wildman–Crippen MR) is 163 cm³/mol. The van der Waals surface area contributed by atoms with Crippen LogP contribution in [0.1, 0.15) is 29.5 Å². The van der Waals surface area contributed by atoms with Gasteiger partial charge in [-0.2, -0.15) is 0 Å². The van der Waals surface area contributed by atoms with Gasteiger partial charge in [0.05, 0.1) is 0 Å². The highest BCUT2D eigenvalue weighted by Gasteiger charge is 2.40. The Bertz CT molecular complexity index is 1620. The van der Waals surface area contributed by atoms with Crippen LogP contribution >= 0.6 is 0 Å². The van der Waals surface area contributed by atoms with Gasteiger partial charge in [0.15, 0.2) is 0 Å². The normalized spacial score (nSPS) is 23.1. The average molecular weight is 578 g/mol. The number of hydrogen-bond acceptors (Lipinski definition) is 4. The summed E-state index contributed by atoms with van der Waals surface area (Å²) in [5, 5.41) is 9.78. The first-order valence-electron chi connectivity index (χ1n) is 14.8. The van der Waals surface area contributed by atoms with Crippen molar-refractivity contribution in [3.8, 4) is 0 Å². The van der Waals surface area contributed by atoms with Crippen LogP contribution in [0.5, 0.6) is 0 Å². The number of fused-ring (bicyclic) bond motifs is 2. The molecule has 2 fully saturated rings. The first-order valence-corrected chi connectivity index (χ1v) is 14.8. The number of aromatic amines is 1. The van der Waals surface area contributed by atoms with Gasteiger partial charge in [-0.1, -0.05) is 78.9 Å². The molecule has 4 amide bonds. The van der Waals surface area contributed by atoms with Crippen LogP contribution in [0.2, 0.25) is 0 Å². The third-order valence-corrected chi connectivity index (χ3v) is 8.38. The first kappa shape index (κ1) is 28.2. The lowest BCUT2D eigenvalue weighted by Gasteiger charge is -2.32. The van der Waals surface area contributed by atoms with Crippen molar-refractivity contribution in [3.05, 3.63) is 108 Å². The van der Waals surface area contributed by atoms with Gasteiger partial charge in [0.25, 0.3) is 0 Å². The van der Waals surface area contributed by atoms with E-state index in [1.807, 2.05) is 91.1 Å². The van der Waals surface area contributed by atoms with Crippen LogP contribution in [0.25, 0.3) is 10.9 Å². The summed E-state index contributed by atoms with van der Waals surface area (Å²) < 4.78 is 0. The number of amides is 4. The highest BCUT2D eigenvalue weighted by Crippen LogP contribution is 2.22. The molecule has 220 valence electrons. The zero-order chi connectivity index (χ0) is 29.8. The Morgan fingerprint density at radius 3 is 1.88 bits per heavy atom. The quantitative estimate of drug-likeness (QED) is 0.281. The van der Waals surface area contributed by atoms with Crippen LogP contribution in [0.3, 0.4) is 0 Å². The number of nitrogens with zero attached hydrogens (tertiary/aromatic N) is 1. The van der Waals surface area contributed by atoms with Crippen LogP contribution < -0.4 is 16.0 Å². The van der Waals surface area contributed by atoms with Crippen LogP contribution in [0, 0.1) is 0 Å². The standard InChI is InChI=1S/C34H35N5O4/c40-31-27(18-22-10-3-1-4-11-22)37-33(42)30-16-9-17-39(30)34(43)29(19-23-12-5-2-6-13-23)38-32(41)28(36-31)20-24-21-35-26-15-8-7-14-25(24)26/h1-8,10-15,21,27-30,35H,9,16-20H2,(H,36,40)(H,37,42)(H,38,41)/t27-,28+,29-,30?/m0/s1. The van der Waals surface area contributed by atoms with E-state index >= 15 is 0 Å². The molecule has 1 aromatic heterocycles. The van der Waals surface area contributed by atoms with Crippen molar-refractivity contribution in [2.75, 3.05) is 6.54 Å². The van der Waals surface area contributed by atoms with Crippen molar-refractivity contribution in [1.82, 2.24) is 25.8 Å². The fraction of sp³-hybridized carbons (Fsp3) is 0.294. The molecule has 6 rings (SSSR count). The lowest BCUT2D eigenvalue weighted by Crippen LogP contribution is -2.62. The molecule has 3 heterocycles. The fourth-order valence-electron chi connectivity index (χ4n) is 6.15. The molecular formula is C34H35N5O4. The number of hydrogen-bond donors (Lipinski definition) is 4. The molecular weight excluding hydrogens is 542 g/mol. The smallest absolute Gasteiger partial charge is 0.246 e. The number of carbonyl (C=O) groups is 4. The molecule has 4 atom stereocenters. The van der Waals surface area contributed by atoms with Gasteiger partial charge in [0, 0.05) is 42.9 Å². The Morgan fingerprint density at radius 2 is 1.19 bits per heavy atom. The maximum atomic E-state index is 14.0. The van der Waals surface area contributed by atoms with Gasteiger partial charge in [0.2, 0.25) is 23.6 Å². The van der Waals surface area contributed by atoms with Gasteiger partial charge in [-0.25, -0.2) is 0 Å². The summed E-state index contributed by atoms with van der Waals surface area (Å²) in [6, 6.07) is 23.1. The molecule has 2 aliphatic heterocycles. The number of H-pyrrole nitrogens is 1. The SMILES string of the molecule is O=C1N[C@@H](Cc2ccccc2)C(=O)N[C@H](Cc2c[nH]c3ccccc23)C(=O)N[C@@H](Cc2ccccc2)C(=O)N2CCCC12. The molecule has 0 spiro atoms. The predicted octanol–water partition coefficient (Wildman–Crippen LogP) is 2.65. The van der Waals surface area contributed by atoms with Gasteiger partial charge >= 0.3 is 0 Å².